The summed E-state index contributed by atoms with van der Waals surface area (Å²) in [5, 5.41) is 14.6. The molecule has 0 aliphatic carbocycles. The Labute approximate surface area is 155 Å². The van der Waals surface area contributed by atoms with Crippen LogP contribution in [0.5, 0.6) is 17.2 Å². The fourth-order valence-electron chi connectivity index (χ4n) is 2.83. The van der Waals surface area contributed by atoms with Crippen molar-refractivity contribution >= 4 is 21.8 Å². The van der Waals surface area contributed by atoms with Gasteiger partial charge in [0.25, 0.3) is 0 Å². The Bertz CT molecular complexity index is 1010. The van der Waals surface area contributed by atoms with E-state index in [0.717, 1.165) is 21.8 Å². The van der Waals surface area contributed by atoms with Crippen LogP contribution in [-0.2, 0) is 17.1 Å². The van der Waals surface area contributed by atoms with Crippen molar-refractivity contribution in [1.82, 2.24) is 9.97 Å². The van der Waals surface area contributed by atoms with Crippen LogP contribution in [0.1, 0.15) is 0 Å². The van der Waals surface area contributed by atoms with Crippen LogP contribution in [0, 0.1) is 0 Å². The van der Waals surface area contributed by atoms with Crippen molar-refractivity contribution < 1.29 is 31.6 Å². The summed E-state index contributed by atoms with van der Waals surface area (Å²) in [6.07, 6.45) is 0. The monoisotopic (exact) mass is 381 g/mol. The van der Waals surface area contributed by atoms with Gasteiger partial charge in [0.15, 0.2) is 0 Å². The molecule has 0 unspecified atom stereocenters. The standard InChI is InChI=1S/C19H15N2O3.Cu/c1-23-13-9-16(22)18(17(10-13)24-2)19-20-14-7-11-5-3-4-6-12(11)8-15(14)21-19;/h3-10H,1-2H3,(H-,20,21,22);/q-1;+2/p-1. The molecule has 1 radical (unpaired) electrons. The summed E-state index contributed by atoms with van der Waals surface area (Å²) in [7, 11) is 3.02. The molecule has 1 heterocycles. The van der Waals surface area contributed by atoms with Crippen molar-refractivity contribution in [2.75, 3.05) is 14.2 Å². The molecule has 0 aliphatic rings. The van der Waals surface area contributed by atoms with Crippen molar-refractivity contribution in [3.63, 3.8) is 0 Å². The van der Waals surface area contributed by atoms with Crippen LogP contribution in [0.2, 0.25) is 0 Å². The zero-order chi connectivity index (χ0) is 16.7. The van der Waals surface area contributed by atoms with Crippen molar-refractivity contribution in [1.29, 1.82) is 0 Å². The van der Waals surface area contributed by atoms with E-state index in [-0.39, 0.29) is 22.8 Å². The number of methoxy groups -OCH3 is 2. The molecule has 0 N–H and O–H groups in total. The molecule has 0 aliphatic heterocycles. The largest absolute Gasteiger partial charge is 2.00 e. The van der Waals surface area contributed by atoms with E-state index in [4.69, 9.17) is 9.47 Å². The first-order chi connectivity index (χ1) is 11.7. The number of imidazole rings is 1. The summed E-state index contributed by atoms with van der Waals surface area (Å²) in [4.78, 5) is 9.05. The van der Waals surface area contributed by atoms with Gasteiger partial charge in [-0.1, -0.05) is 42.1 Å². The first kappa shape index (κ1) is 17.1. The number of hydrogen-bond acceptors (Lipinski definition) is 4. The minimum atomic E-state index is -0.230. The molecule has 4 aromatic rings. The van der Waals surface area contributed by atoms with Crippen molar-refractivity contribution in [3.8, 4) is 28.6 Å². The second-order valence-electron chi connectivity index (χ2n) is 5.44. The molecule has 0 spiro atoms. The van der Waals surface area contributed by atoms with Crippen molar-refractivity contribution in [2.45, 2.75) is 0 Å². The van der Waals surface area contributed by atoms with Crippen LogP contribution in [0.4, 0.5) is 0 Å². The fraction of sp³-hybridized carbons (Fsp3) is 0.105. The zero-order valence-electron chi connectivity index (χ0n) is 13.5. The number of fused-ring (bicyclic) bond motifs is 2. The molecule has 0 amide bonds. The average molecular weight is 382 g/mol. The maximum absolute atomic E-state index is 12.4. The predicted octanol–water partition coefficient (Wildman–Crippen LogP) is 3.10. The third-order valence-electron chi connectivity index (χ3n) is 4.01. The summed E-state index contributed by atoms with van der Waals surface area (Å²) in [5.74, 6) is 0.984. The van der Waals surface area contributed by atoms with E-state index in [1.165, 1.54) is 20.3 Å². The summed E-state index contributed by atoms with van der Waals surface area (Å²) in [6.45, 7) is 0. The SMILES string of the molecule is COc1cc([O-])c(-c2nc3cc4ccccc4cc3[n-]2)c(OC)c1.[Cu+2]. The van der Waals surface area contributed by atoms with Gasteiger partial charge in [-0.15, -0.1) is 0 Å². The number of benzene rings is 3. The third kappa shape index (κ3) is 2.90. The maximum atomic E-state index is 12.4. The normalized spacial score (nSPS) is 10.6. The average Bonchev–Trinajstić information content (AvgIpc) is 3.00. The first-order valence-electron chi connectivity index (χ1n) is 7.46. The molecule has 4 rings (SSSR count). The number of ether oxygens (including phenoxy) is 2. The summed E-state index contributed by atoms with van der Waals surface area (Å²) in [6, 6.07) is 15.0. The molecule has 0 bridgehead atoms. The molecular weight excluding hydrogens is 368 g/mol. The van der Waals surface area contributed by atoms with Crippen LogP contribution in [0.3, 0.4) is 0 Å². The Morgan fingerprint density at radius 3 is 2.36 bits per heavy atom. The Morgan fingerprint density at radius 2 is 1.68 bits per heavy atom. The second kappa shape index (κ2) is 6.67. The Morgan fingerprint density at radius 1 is 0.960 bits per heavy atom. The van der Waals surface area contributed by atoms with Crippen molar-refractivity contribution in [2.24, 2.45) is 0 Å². The fourth-order valence-corrected chi connectivity index (χ4v) is 2.83. The van der Waals surface area contributed by atoms with Gasteiger partial charge in [0.1, 0.15) is 11.5 Å². The van der Waals surface area contributed by atoms with Crippen LogP contribution in [0.25, 0.3) is 33.2 Å². The van der Waals surface area contributed by atoms with Gasteiger partial charge in [-0.25, -0.2) is 0 Å². The molecular formula is C19H14CuN2O3. The first-order valence-corrected chi connectivity index (χ1v) is 7.46. The second-order valence-corrected chi connectivity index (χ2v) is 5.44. The van der Waals surface area contributed by atoms with Crippen LogP contribution in [0.15, 0.2) is 48.5 Å². The number of nitrogens with zero attached hydrogens (tertiary/aromatic N) is 2. The molecule has 0 fully saturated rings. The third-order valence-corrected chi connectivity index (χ3v) is 4.01. The van der Waals surface area contributed by atoms with E-state index in [9.17, 15) is 5.11 Å². The van der Waals surface area contributed by atoms with Crippen LogP contribution in [-0.4, -0.2) is 19.2 Å². The topological polar surface area (TPSA) is 68.5 Å². The Hall–Kier alpha value is -2.69. The predicted molar refractivity (Wildman–Crippen MR) is 90.6 cm³/mol. The van der Waals surface area contributed by atoms with E-state index >= 15 is 0 Å². The minimum absolute atomic E-state index is 0. The quantitative estimate of drug-likeness (QED) is 0.510. The number of hydrogen-bond donors (Lipinski definition) is 0. The smallest absolute Gasteiger partial charge is 0.872 e. The Balaban J connectivity index is 0.00000182. The van der Waals surface area contributed by atoms with Gasteiger partial charge in [-0.05, 0) is 33.7 Å². The van der Waals surface area contributed by atoms with Gasteiger partial charge in [0, 0.05) is 11.6 Å². The van der Waals surface area contributed by atoms with Gasteiger partial charge < -0.3 is 24.5 Å². The molecule has 5 nitrogen and oxygen atoms in total. The molecule has 1 aromatic heterocycles. The maximum Gasteiger partial charge on any atom is 2.00 e. The summed E-state index contributed by atoms with van der Waals surface area (Å²) >= 11 is 0. The number of rotatable bonds is 3. The molecule has 3 aromatic carbocycles. The van der Waals surface area contributed by atoms with E-state index in [0.29, 0.717) is 22.9 Å². The molecule has 0 saturated carbocycles. The Kier molecular flexibility index (Phi) is 4.57. The summed E-state index contributed by atoms with van der Waals surface area (Å²) in [5.41, 5.74) is 1.85. The zero-order valence-corrected chi connectivity index (χ0v) is 14.5. The van der Waals surface area contributed by atoms with Gasteiger partial charge in [-0.3, -0.25) is 0 Å². The molecule has 6 heteroatoms. The van der Waals surface area contributed by atoms with E-state index < -0.39 is 0 Å². The van der Waals surface area contributed by atoms with Crippen LogP contribution < -0.4 is 19.6 Å². The minimum Gasteiger partial charge on any atom is -0.872 e. The molecule has 129 valence electrons. The van der Waals surface area contributed by atoms with Crippen molar-refractivity contribution in [3.05, 3.63) is 48.5 Å². The van der Waals surface area contributed by atoms with Gasteiger partial charge in [-0.2, -0.15) is 0 Å². The van der Waals surface area contributed by atoms with E-state index in [1.807, 2.05) is 36.4 Å². The van der Waals surface area contributed by atoms with Gasteiger partial charge in [0.05, 0.1) is 14.2 Å². The molecule has 0 atom stereocenters. The molecule has 0 saturated heterocycles. The number of aromatic nitrogens is 2. The van der Waals surface area contributed by atoms with Crippen LogP contribution >= 0.6 is 0 Å². The molecule has 25 heavy (non-hydrogen) atoms. The van der Waals surface area contributed by atoms with E-state index in [2.05, 4.69) is 9.97 Å². The van der Waals surface area contributed by atoms with E-state index in [1.54, 1.807) is 6.07 Å². The summed E-state index contributed by atoms with van der Waals surface area (Å²) < 4.78 is 10.5. The van der Waals surface area contributed by atoms with Gasteiger partial charge in [0.2, 0.25) is 0 Å². The van der Waals surface area contributed by atoms with Gasteiger partial charge >= 0.3 is 17.1 Å².